The van der Waals surface area contributed by atoms with Crippen LogP contribution in [-0.2, 0) is 10.0 Å². The molecule has 0 fully saturated rings. The van der Waals surface area contributed by atoms with Crippen LogP contribution in [0.4, 0.5) is 5.82 Å². The van der Waals surface area contributed by atoms with Crippen molar-refractivity contribution in [1.82, 2.24) is 4.98 Å². The highest BCUT2D eigenvalue weighted by Gasteiger charge is 2.15. The highest BCUT2D eigenvalue weighted by atomic mass is 32.2. The average Bonchev–Trinajstić information content (AvgIpc) is 2.45. The maximum atomic E-state index is 12.3. The van der Waals surface area contributed by atoms with Crippen molar-refractivity contribution in [3.05, 3.63) is 53.7 Å². The van der Waals surface area contributed by atoms with Crippen molar-refractivity contribution in [3.8, 4) is 11.8 Å². The van der Waals surface area contributed by atoms with Gasteiger partial charge in [-0.05, 0) is 37.3 Å². The average molecular weight is 302 g/mol. The molecule has 1 aromatic heterocycles. The van der Waals surface area contributed by atoms with Gasteiger partial charge in [0.15, 0.2) is 0 Å². The number of nitrogens with one attached hydrogen (secondary N) is 1. The van der Waals surface area contributed by atoms with Crippen molar-refractivity contribution >= 4 is 15.8 Å². The summed E-state index contributed by atoms with van der Waals surface area (Å²) in [7, 11) is -3.72. The predicted molar refractivity (Wildman–Crippen MR) is 80.2 cm³/mol. The first-order valence-corrected chi connectivity index (χ1v) is 7.66. The summed E-state index contributed by atoms with van der Waals surface area (Å²) in [5.74, 6) is 5.42. The molecular formula is C15H14N2O3S. The van der Waals surface area contributed by atoms with Crippen LogP contribution in [0.1, 0.15) is 11.3 Å². The van der Waals surface area contributed by atoms with Crippen LogP contribution in [0.25, 0.3) is 0 Å². The molecule has 0 spiro atoms. The van der Waals surface area contributed by atoms with Gasteiger partial charge >= 0.3 is 0 Å². The van der Waals surface area contributed by atoms with Crippen LogP contribution in [0.15, 0.2) is 47.4 Å². The number of aliphatic hydroxyl groups excluding tert-OH is 1. The fourth-order valence-electron chi connectivity index (χ4n) is 1.68. The fraction of sp³-hybridized carbons (Fsp3) is 0.133. The number of anilines is 1. The Morgan fingerprint density at radius 3 is 2.71 bits per heavy atom. The Balaban J connectivity index is 2.31. The van der Waals surface area contributed by atoms with Gasteiger partial charge in [0.1, 0.15) is 12.4 Å². The molecule has 108 valence electrons. The van der Waals surface area contributed by atoms with E-state index in [9.17, 15) is 8.42 Å². The molecule has 0 saturated carbocycles. The van der Waals surface area contributed by atoms with E-state index in [-0.39, 0.29) is 17.3 Å². The topological polar surface area (TPSA) is 79.3 Å². The first-order valence-electron chi connectivity index (χ1n) is 6.17. The summed E-state index contributed by atoms with van der Waals surface area (Å²) in [5.41, 5.74) is 1.24. The molecule has 5 nitrogen and oxygen atoms in total. The third kappa shape index (κ3) is 4.05. The van der Waals surface area contributed by atoms with Crippen LogP contribution in [0.3, 0.4) is 0 Å². The summed E-state index contributed by atoms with van der Waals surface area (Å²) in [4.78, 5) is 4.20. The van der Waals surface area contributed by atoms with Gasteiger partial charge in [0.05, 0.1) is 4.90 Å². The summed E-state index contributed by atoms with van der Waals surface area (Å²) in [6.45, 7) is 1.51. The summed E-state index contributed by atoms with van der Waals surface area (Å²) in [6.07, 6.45) is 0. The van der Waals surface area contributed by atoms with Crippen LogP contribution in [0.2, 0.25) is 0 Å². The van der Waals surface area contributed by atoms with Gasteiger partial charge in [0, 0.05) is 11.3 Å². The van der Waals surface area contributed by atoms with Crippen molar-refractivity contribution in [2.45, 2.75) is 11.8 Å². The molecule has 0 amide bonds. The Morgan fingerprint density at radius 1 is 1.24 bits per heavy atom. The quantitative estimate of drug-likeness (QED) is 0.843. The zero-order chi connectivity index (χ0) is 15.3. The lowest BCUT2D eigenvalue weighted by Crippen LogP contribution is -2.14. The van der Waals surface area contributed by atoms with Crippen molar-refractivity contribution in [3.63, 3.8) is 0 Å². The SMILES string of the molecule is Cc1cccc(NS(=O)(=O)c2cccc(C#CCO)c2)n1. The maximum Gasteiger partial charge on any atom is 0.263 e. The Labute approximate surface area is 123 Å². The molecule has 1 heterocycles. The molecule has 21 heavy (non-hydrogen) atoms. The van der Waals surface area contributed by atoms with E-state index >= 15 is 0 Å². The van der Waals surface area contributed by atoms with Gasteiger partial charge in [0.25, 0.3) is 10.0 Å². The van der Waals surface area contributed by atoms with Gasteiger partial charge in [0.2, 0.25) is 0 Å². The number of nitrogens with zero attached hydrogens (tertiary/aromatic N) is 1. The van der Waals surface area contributed by atoms with Crippen LogP contribution >= 0.6 is 0 Å². The van der Waals surface area contributed by atoms with Crippen LogP contribution in [0.5, 0.6) is 0 Å². The molecule has 0 aliphatic heterocycles. The Bertz CT molecular complexity index is 805. The molecule has 0 aliphatic rings. The smallest absolute Gasteiger partial charge is 0.263 e. The van der Waals surface area contributed by atoms with E-state index in [1.54, 1.807) is 37.3 Å². The van der Waals surface area contributed by atoms with Gasteiger partial charge in [-0.1, -0.05) is 24.0 Å². The highest BCUT2D eigenvalue weighted by molar-refractivity contribution is 7.92. The standard InChI is InChI=1S/C15H14N2O3S/c1-12-5-2-9-15(16-12)17-21(19,20)14-8-3-6-13(11-14)7-4-10-18/h2-3,5-6,8-9,11,18H,10H2,1H3,(H,16,17). The Hall–Kier alpha value is -2.36. The van der Waals surface area contributed by atoms with Crippen LogP contribution in [-0.4, -0.2) is 25.1 Å². The highest BCUT2D eigenvalue weighted by Crippen LogP contribution is 2.15. The van der Waals surface area contributed by atoms with E-state index in [1.807, 2.05) is 0 Å². The number of aromatic nitrogens is 1. The van der Waals surface area contributed by atoms with Crippen molar-refractivity contribution in [2.24, 2.45) is 0 Å². The van der Waals surface area contributed by atoms with Gasteiger partial charge < -0.3 is 5.11 Å². The zero-order valence-corrected chi connectivity index (χ0v) is 12.2. The minimum Gasteiger partial charge on any atom is -0.384 e. The molecule has 0 unspecified atom stereocenters. The van der Waals surface area contributed by atoms with Gasteiger partial charge in [-0.2, -0.15) is 0 Å². The molecule has 2 aromatic rings. The summed E-state index contributed by atoms with van der Waals surface area (Å²) in [6, 6.07) is 11.3. The molecule has 2 N–H and O–H groups in total. The molecule has 0 aliphatic carbocycles. The van der Waals surface area contributed by atoms with E-state index in [1.165, 1.54) is 12.1 Å². The van der Waals surface area contributed by atoms with E-state index in [2.05, 4.69) is 21.5 Å². The second-order valence-corrected chi connectivity index (χ2v) is 5.94. The van der Waals surface area contributed by atoms with E-state index in [0.29, 0.717) is 5.56 Å². The molecule has 2 rings (SSSR count). The van der Waals surface area contributed by atoms with Crippen LogP contribution < -0.4 is 4.72 Å². The van der Waals surface area contributed by atoms with Crippen molar-refractivity contribution in [2.75, 3.05) is 11.3 Å². The normalized spacial score (nSPS) is 10.6. The minimum absolute atomic E-state index is 0.0931. The third-order valence-electron chi connectivity index (χ3n) is 2.58. The lowest BCUT2D eigenvalue weighted by atomic mass is 10.2. The first kappa shape index (κ1) is 15.0. The van der Waals surface area contributed by atoms with E-state index in [0.717, 1.165) is 5.69 Å². The number of hydrogen-bond acceptors (Lipinski definition) is 4. The second kappa shape index (κ2) is 6.39. The first-order chi connectivity index (χ1) is 10.0. The lowest BCUT2D eigenvalue weighted by molar-refractivity contribution is 0.350. The Kier molecular flexibility index (Phi) is 4.58. The number of hydrogen-bond donors (Lipinski definition) is 2. The maximum absolute atomic E-state index is 12.3. The van der Waals surface area contributed by atoms with Gasteiger partial charge in [-0.3, -0.25) is 4.72 Å². The largest absolute Gasteiger partial charge is 0.384 e. The summed E-state index contributed by atoms with van der Waals surface area (Å²) >= 11 is 0. The minimum atomic E-state index is -3.72. The number of rotatable bonds is 3. The second-order valence-electron chi connectivity index (χ2n) is 4.26. The molecule has 0 radical (unpaired) electrons. The predicted octanol–water partition coefficient (Wildman–Crippen LogP) is 1.53. The monoisotopic (exact) mass is 302 g/mol. The molecule has 0 saturated heterocycles. The van der Waals surface area contributed by atoms with Crippen molar-refractivity contribution in [1.29, 1.82) is 0 Å². The molecule has 0 bridgehead atoms. The van der Waals surface area contributed by atoms with Gasteiger partial charge in [-0.15, -0.1) is 0 Å². The molecule has 1 aromatic carbocycles. The summed E-state index contributed by atoms with van der Waals surface area (Å²) in [5, 5.41) is 8.67. The van der Waals surface area contributed by atoms with E-state index in [4.69, 9.17) is 5.11 Å². The Morgan fingerprint density at radius 2 is 2.00 bits per heavy atom. The van der Waals surface area contributed by atoms with Gasteiger partial charge in [-0.25, -0.2) is 13.4 Å². The molecular weight excluding hydrogens is 288 g/mol. The molecule has 6 heteroatoms. The van der Waals surface area contributed by atoms with Crippen LogP contribution in [0, 0.1) is 18.8 Å². The lowest BCUT2D eigenvalue weighted by Gasteiger charge is -2.08. The summed E-state index contributed by atoms with van der Waals surface area (Å²) < 4.78 is 27.0. The third-order valence-corrected chi connectivity index (χ3v) is 3.94. The number of aryl methyl sites for hydroxylation is 1. The zero-order valence-electron chi connectivity index (χ0n) is 11.4. The molecule has 0 atom stereocenters. The fourth-order valence-corrected chi connectivity index (χ4v) is 2.73. The number of benzene rings is 1. The number of aliphatic hydroxyl groups is 1. The number of sulfonamides is 1. The van der Waals surface area contributed by atoms with Crippen molar-refractivity contribution < 1.29 is 13.5 Å². The van der Waals surface area contributed by atoms with E-state index < -0.39 is 10.0 Å². The number of pyridine rings is 1.